The highest BCUT2D eigenvalue weighted by atomic mass is 16.3. The summed E-state index contributed by atoms with van der Waals surface area (Å²) in [4.78, 5) is 5.24. The van der Waals surface area contributed by atoms with Gasteiger partial charge in [0.05, 0.1) is 38.5 Å². The van der Waals surface area contributed by atoms with Crippen molar-refractivity contribution in [1.29, 1.82) is 0 Å². The van der Waals surface area contributed by atoms with E-state index in [0.29, 0.717) is 0 Å². The van der Waals surface area contributed by atoms with E-state index in [1.807, 2.05) is 6.07 Å². The van der Waals surface area contributed by atoms with Crippen LogP contribution in [0.2, 0.25) is 0 Å². The third-order valence-corrected chi connectivity index (χ3v) is 11.3. The average molecular weight is 705 g/mol. The summed E-state index contributed by atoms with van der Waals surface area (Å²) in [5, 5.41) is 12.9. The molecule has 0 spiro atoms. The first-order valence-electron chi connectivity index (χ1n) is 18.8. The summed E-state index contributed by atoms with van der Waals surface area (Å²) in [5.41, 5.74) is 11.9. The maximum Gasteiger partial charge on any atom is 0.145 e. The predicted octanol–water partition coefficient (Wildman–Crippen LogP) is 10.9. The van der Waals surface area contributed by atoms with Gasteiger partial charge in [0.25, 0.3) is 0 Å². The minimum absolute atomic E-state index is 0.253. The third-order valence-electron chi connectivity index (χ3n) is 11.3. The quantitative estimate of drug-likeness (QED) is 0.198. The zero-order valence-electron chi connectivity index (χ0n) is 29.6. The maximum absolute atomic E-state index is 6.69. The number of hydrogen-bond acceptors (Lipinski definition) is 3. The van der Waals surface area contributed by atoms with E-state index in [2.05, 4.69) is 190 Å². The molecule has 0 aliphatic carbocycles. The van der Waals surface area contributed by atoms with E-state index >= 15 is 0 Å². The van der Waals surface area contributed by atoms with Crippen molar-refractivity contribution in [2.45, 2.75) is 6.17 Å². The van der Waals surface area contributed by atoms with E-state index in [4.69, 9.17) is 9.41 Å². The standard InChI is InChI=1S/C50H32N4O/c1-3-14-31(15-4-1)47-37-21-7-10-23-40(37)51-50(52-47)32-16-13-19-34(30-32)53-41-24-11-8-22-38(41)45-42(53)29-27-39-46-43(54(48(39)45)33-17-5-2-6-18-33)28-26-36-35-20-9-12-25-44(35)55-49(36)46/h1-30,50,52H. The molecular formula is C50H32N4O. The highest BCUT2D eigenvalue weighted by molar-refractivity contribution is 6.30. The van der Waals surface area contributed by atoms with Crippen LogP contribution in [0.3, 0.4) is 0 Å². The molecule has 258 valence electrons. The lowest BCUT2D eigenvalue weighted by Gasteiger charge is -2.23. The highest BCUT2D eigenvalue weighted by Crippen LogP contribution is 2.45. The topological polar surface area (TPSA) is 47.4 Å². The lowest BCUT2D eigenvalue weighted by Crippen LogP contribution is -2.39. The van der Waals surface area contributed by atoms with E-state index in [1.54, 1.807) is 0 Å². The van der Waals surface area contributed by atoms with Crippen LogP contribution in [-0.2, 0) is 0 Å². The molecule has 55 heavy (non-hydrogen) atoms. The molecule has 1 aliphatic rings. The molecule has 5 heteroatoms. The minimum Gasteiger partial charge on any atom is -0.455 e. The van der Waals surface area contributed by atoms with Gasteiger partial charge in [-0.2, -0.15) is 0 Å². The third kappa shape index (κ3) is 4.38. The summed E-state index contributed by atoms with van der Waals surface area (Å²) in [7, 11) is 0. The normalized spacial score (nSPS) is 14.3. The average Bonchev–Trinajstić information content (AvgIpc) is 3.91. The largest absolute Gasteiger partial charge is 0.455 e. The zero-order valence-corrected chi connectivity index (χ0v) is 29.6. The summed E-state index contributed by atoms with van der Waals surface area (Å²) in [6.07, 6.45) is -0.253. The maximum atomic E-state index is 6.69. The molecule has 0 saturated carbocycles. The van der Waals surface area contributed by atoms with Gasteiger partial charge in [-0.05, 0) is 77.9 Å². The minimum atomic E-state index is -0.253. The Balaban J connectivity index is 1.12. The van der Waals surface area contributed by atoms with Gasteiger partial charge in [-0.1, -0.05) is 115 Å². The van der Waals surface area contributed by atoms with Crippen molar-refractivity contribution in [3.8, 4) is 11.4 Å². The van der Waals surface area contributed by atoms with E-state index in [9.17, 15) is 0 Å². The fraction of sp³-hybridized carbons (Fsp3) is 0.0200. The highest BCUT2D eigenvalue weighted by Gasteiger charge is 2.24. The van der Waals surface area contributed by atoms with Crippen LogP contribution >= 0.6 is 0 Å². The van der Waals surface area contributed by atoms with Gasteiger partial charge in [-0.3, -0.25) is 4.99 Å². The van der Waals surface area contributed by atoms with Gasteiger partial charge >= 0.3 is 0 Å². The van der Waals surface area contributed by atoms with Crippen LogP contribution < -0.4 is 15.9 Å². The first-order valence-corrected chi connectivity index (χ1v) is 18.8. The number of rotatable bonds is 4. The van der Waals surface area contributed by atoms with Gasteiger partial charge in [-0.15, -0.1) is 0 Å². The van der Waals surface area contributed by atoms with Crippen LogP contribution in [0, 0.1) is 0 Å². The molecule has 0 bridgehead atoms. The molecule has 0 radical (unpaired) electrons. The Bertz CT molecular complexity index is 3460. The lowest BCUT2D eigenvalue weighted by atomic mass is 10.0. The number of benzene rings is 8. The van der Waals surface area contributed by atoms with Crippen LogP contribution in [0.4, 0.5) is 0 Å². The van der Waals surface area contributed by atoms with Gasteiger partial charge in [0.1, 0.15) is 17.3 Å². The second kappa shape index (κ2) is 11.6. The van der Waals surface area contributed by atoms with Crippen molar-refractivity contribution in [1.82, 2.24) is 14.5 Å². The van der Waals surface area contributed by atoms with Gasteiger partial charge in [0.2, 0.25) is 0 Å². The Kier molecular flexibility index (Phi) is 6.33. The second-order valence-electron chi connectivity index (χ2n) is 14.3. The number of hydrogen-bond donors (Lipinski definition) is 1. The summed E-state index contributed by atoms with van der Waals surface area (Å²) >= 11 is 0. The molecule has 0 saturated heterocycles. The number of nitrogens with one attached hydrogen (secondary N) is 1. The van der Waals surface area contributed by atoms with E-state index in [0.717, 1.165) is 82.6 Å². The van der Waals surface area contributed by atoms with Crippen LogP contribution in [0.5, 0.6) is 0 Å². The van der Waals surface area contributed by atoms with Crippen molar-refractivity contribution in [2.75, 3.05) is 0 Å². The molecule has 1 aliphatic heterocycles. The van der Waals surface area contributed by atoms with Crippen LogP contribution in [0.25, 0.3) is 82.6 Å². The summed E-state index contributed by atoms with van der Waals surface area (Å²) in [5.74, 6) is 0. The molecule has 3 aromatic heterocycles. The summed E-state index contributed by atoms with van der Waals surface area (Å²) < 4.78 is 11.5. The Morgan fingerprint density at radius 3 is 2.05 bits per heavy atom. The van der Waals surface area contributed by atoms with Gasteiger partial charge < -0.3 is 18.9 Å². The Morgan fingerprint density at radius 2 is 1.18 bits per heavy atom. The fourth-order valence-electron chi connectivity index (χ4n) is 8.96. The van der Waals surface area contributed by atoms with Gasteiger partial charge in [0.15, 0.2) is 0 Å². The summed E-state index contributed by atoms with van der Waals surface area (Å²) in [6, 6.07) is 64.7. The van der Waals surface area contributed by atoms with Crippen molar-refractivity contribution in [3.05, 3.63) is 204 Å². The van der Waals surface area contributed by atoms with Crippen LogP contribution in [0.1, 0.15) is 17.3 Å². The first-order chi connectivity index (χ1) is 27.3. The molecule has 12 rings (SSSR count). The smallest absolute Gasteiger partial charge is 0.145 e. The SMILES string of the molecule is c1ccc(C2=c3ccccc3=NC(c3cccc(-n4c5ccccc5c5c4ccc4c6c7oc8ccccc8c7ccc6n(-c6ccccc6)c45)c3)N2)cc1. The number of para-hydroxylation sites is 4. The molecule has 0 amide bonds. The van der Waals surface area contributed by atoms with Gasteiger partial charge in [-0.25, -0.2) is 0 Å². The molecule has 4 heterocycles. The second-order valence-corrected chi connectivity index (χ2v) is 14.3. The number of nitrogens with zero attached hydrogens (tertiary/aromatic N) is 3. The summed E-state index contributed by atoms with van der Waals surface area (Å²) in [6.45, 7) is 0. The van der Waals surface area contributed by atoms with Crippen molar-refractivity contribution in [3.63, 3.8) is 0 Å². The molecule has 1 unspecified atom stereocenters. The van der Waals surface area contributed by atoms with Crippen molar-refractivity contribution >= 4 is 71.2 Å². The molecule has 11 aromatic rings. The van der Waals surface area contributed by atoms with Crippen LogP contribution in [0.15, 0.2) is 191 Å². The van der Waals surface area contributed by atoms with Gasteiger partial charge in [0, 0.05) is 43.5 Å². The van der Waals surface area contributed by atoms with E-state index < -0.39 is 0 Å². The molecule has 5 nitrogen and oxygen atoms in total. The molecule has 1 N–H and O–H groups in total. The number of aromatic nitrogens is 2. The predicted molar refractivity (Wildman–Crippen MR) is 224 cm³/mol. The monoisotopic (exact) mass is 704 g/mol. The molecule has 1 atom stereocenters. The number of furan rings is 1. The molecular weight excluding hydrogens is 673 g/mol. The van der Waals surface area contributed by atoms with Crippen molar-refractivity contribution in [2.24, 2.45) is 4.99 Å². The van der Waals surface area contributed by atoms with Crippen LogP contribution in [-0.4, -0.2) is 9.13 Å². The van der Waals surface area contributed by atoms with Crippen molar-refractivity contribution < 1.29 is 4.42 Å². The molecule has 8 aromatic carbocycles. The fourth-order valence-corrected chi connectivity index (χ4v) is 8.96. The molecule has 0 fully saturated rings. The Labute approximate surface area is 315 Å². The number of fused-ring (bicyclic) bond motifs is 12. The van der Waals surface area contributed by atoms with E-state index in [-0.39, 0.29) is 6.17 Å². The Morgan fingerprint density at radius 1 is 0.491 bits per heavy atom. The van der Waals surface area contributed by atoms with E-state index in [1.165, 1.54) is 21.7 Å². The zero-order chi connectivity index (χ0) is 36.0. The lowest BCUT2D eigenvalue weighted by molar-refractivity contribution is 0.634. The first kappa shape index (κ1) is 30.1. The Hall–Kier alpha value is -7.37.